The molecule has 28 heavy (non-hydrogen) atoms. The van der Waals surface area contributed by atoms with Crippen molar-refractivity contribution in [1.82, 2.24) is 5.32 Å². The number of rotatable bonds is 4. The van der Waals surface area contributed by atoms with Crippen molar-refractivity contribution in [3.05, 3.63) is 53.6 Å². The van der Waals surface area contributed by atoms with Crippen LogP contribution in [0.25, 0.3) is 0 Å². The summed E-state index contributed by atoms with van der Waals surface area (Å²) in [6, 6.07) is 6.92. The highest BCUT2D eigenvalue weighted by Gasteiger charge is 2.57. The van der Waals surface area contributed by atoms with Gasteiger partial charge in [-0.25, -0.2) is 0 Å². The van der Waals surface area contributed by atoms with E-state index in [0.717, 1.165) is 31.6 Å². The van der Waals surface area contributed by atoms with Gasteiger partial charge in [0.25, 0.3) is 0 Å². The molecule has 4 aliphatic carbocycles. The zero-order valence-corrected chi connectivity index (χ0v) is 17.1. The molecule has 2 saturated carbocycles. The SMILES string of the molecule is COc1ccc2c(c1)CC[C@@H]1[C@@H]2CC[C@]2(C)[C@H](O)[C@H](NCC3C=CC=C3)C[C@@H]12. The van der Waals surface area contributed by atoms with E-state index in [1.807, 2.05) is 0 Å². The van der Waals surface area contributed by atoms with Crippen LogP contribution >= 0.6 is 0 Å². The van der Waals surface area contributed by atoms with E-state index >= 15 is 0 Å². The van der Waals surface area contributed by atoms with Crippen LogP contribution in [0.5, 0.6) is 5.75 Å². The first-order valence-electron chi connectivity index (χ1n) is 11.0. The number of ether oxygens (including phenoxy) is 1. The highest BCUT2D eigenvalue weighted by Crippen LogP contribution is 2.61. The van der Waals surface area contributed by atoms with Gasteiger partial charge in [0, 0.05) is 18.5 Å². The molecule has 5 rings (SSSR count). The molecule has 0 unspecified atom stereocenters. The number of hydrogen-bond donors (Lipinski definition) is 2. The van der Waals surface area contributed by atoms with Crippen molar-refractivity contribution in [2.75, 3.05) is 13.7 Å². The standard InChI is InChI=1S/C25H33NO2/c1-25-12-11-20-19-10-8-18(28-2)13-17(19)7-9-21(20)22(25)14-23(24(25)27)26-15-16-5-3-4-6-16/h3-6,8,10,13,16,20-24,26-27H,7,9,11-12,14-15H2,1-2H3/t20-,21-,22+,23-,24-,25+/m1/s1. The van der Waals surface area contributed by atoms with Crippen LogP contribution < -0.4 is 10.1 Å². The second kappa shape index (κ2) is 7.03. The van der Waals surface area contributed by atoms with Gasteiger partial charge in [0.1, 0.15) is 5.75 Å². The van der Waals surface area contributed by atoms with E-state index in [1.165, 1.54) is 18.4 Å². The maximum atomic E-state index is 11.3. The molecule has 0 aliphatic heterocycles. The number of methoxy groups -OCH3 is 1. The smallest absolute Gasteiger partial charge is 0.119 e. The first-order valence-corrected chi connectivity index (χ1v) is 11.0. The Morgan fingerprint density at radius 2 is 2.04 bits per heavy atom. The predicted molar refractivity (Wildman–Crippen MR) is 113 cm³/mol. The number of nitrogens with one attached hydrogen (secondary N) is 1. The summed E-state index contributed by atoms with van der Waals surface area (Å²) in [5, 5.41) is 15.0. The summed E-state index contributed by atoms with van der Waals surface area (Å²) in [6.45, 7) is 3.30. The van der Waals surface area contributed by atoms with Gasteiger partial charge in [-0.2, -0.15) is 0 Å². The maximum Gasteiger partial charge on any atom is 0.119 e. The fourth-order valence-corrected chi connectivity index (χ4v) is 6.80. The number of aryl methyl sites for hydroxylation is 1. The zero-order valence-electron chi connectivity index (χ0n) is 17.1. The monoisotopic (exact) mass is 379 g/mol. The second-order valence-electron chi connectivity index (χ2n) is 9.65. The van der Waals surface area contributed by atoms with E-state index in [9.17, 15) is 5.11 Å². The summed E-state index contributed by atoms with van der Waals surface area (Å²) < 4.78 is 5.45. The normalized spacial score (nSPS) is 38.9. The van der Waals surface area contributed by atoms with Crippen LogP contribution in [-0.2, 0) is 6.42 Å². The first kappa shape index (κ1) is 18.4. The highest BCUT2D eigenvalue weighted by molar-refractivity contribution is 5.40. The Morgan fingerprint density at radius 1 is 1.21 bits per heavy atom. The van der Waals surface area contributed by atoms with Gasteiger partial charge in [-0.3, -0.25) is 0 Å². The lowest BCUT2D eigenvalue weighted by atomic mass is 9.55. The lowest BCUT2D eigenvalue weighted by Gasteiger charge is -2.50. The third-order valence-corrected chi connectivity index (χ3v) is 8.38. The van der Waals surface area contributed by atoms with E-state index in [-0.39, 0.29) is 17.6 Å². The average molecular weight is 380 g/mol. The van der Waals surface area contributed by atoms with Gasteiger partial charge in [-0.15, -0.1) is 0 Å². The summed E-state index contributed by atoms with van der Waals surface area (Å²) in [4.78, 5) is 0. The zero-order chi connectivity index (χ0) is 19.3. The molecule has 150 valence electrons. The maximum absolute atomic E-state index is 11.3. The molecule has 6 atom stereocenters. The van der Waals surface area contributed by atoms with Gasteiger partial charge in [-0.1, -0.05) is 37.3 Å². The van der Waals surface area contributed by atoms with E-state index in [0.29, 0.717) is 23.7 Å². The van der Waals surface area contributed by atoms with Gasteiger partial charge >= 0.3 is 0 Å². The van der Waals surface area contributed by atoms with Crippen molar-refractivity contribution in [2.45, 2.75) is 57.1 Å². The molecule has 4 aliphatic rings. The molecule has 0 radical (unpaired) electrons. The van der Waals surface area contributed by atoms with Crippen molar-refractivity contribution >= 4 is 0 Å². The van der Waals surface area contributed by atoms with Crippen molar-refractivity contribution in [3.8, 4) is 5.75 Å². The van der Waals surface area contributed by atoms with Gasteiger partial charge in [0.15, 0.2) is 0 Å². The molecule has 1 aromatic rings. The molecule has 3 heteroatoms. The fourth-order valence-electron chi connectivity index (χ4n) is 6.80. The highest BCUT2D eigenvalue weighted by atomic mass is 16.5. The minimum atomic E-state index is -0.231. The van der Waals surface area contributed by atoms with Crippen molar-refractivity contribution in [2.24, 2.45) is 23.2 Å². The molecule has 1 aromatic carbocycles. The van der Waals surface area contributed by atoms with Crippen LogP contribution in [0.3, 0.4) is 0 Å². The summed E-state index contributed by atoms with van der Waals surface area (Å²) in [6.07, 6.45) is 14.3. The molecule has 0 bridgehead atoms. The van der Waals surface area contributed by atoms with E-state index in [4.69, 9.17) is 4.74 Å². The van der Waals surface area contributed by atoms with Crippen LogP contribution in [0.15, 0.2) is 42.5 Å². The molecule has 0 spiro atoms. The summed E-state index contributed by atoms with van der Waals surface area (Å²) in [7, 11) is 1.75. The van der Waals surface area contributed by atoms with Crippen LogP contribution in [0.4, 0.5) is 0 Å². The number of aliphatic hydroxyl groups is 1. The number of allylic oxidation sites excluding steroid dienone is 2. The topological polar surface area (TPSA) is 41.5 Å². The molecule has 0 saturated heterocycles. The van der Waals surface area contributed by atoms with Gasteiger partial charge in [0.2, 0.25) is 0 Å². The van der Waals surface area contributed by atoms with Crippen LogP contribution in [0, 0.1) is 23.2 Å². The third-order valence-electron chi connectivity index (χ3n) is 8.38. The fraction of sp³-hybridized carbons (Fsp3) is 0.600. The molecule has 2 fully saturated rings. The van der Waals surface area contributed by atoms with Crippen molar-refractivity contribution < 1.29 is 9.84 Å². The summed E-state index contributed by atoms with van der Waals surface area (Å²) in [5.41, 5.74) is 3.09. The third kappa shape index (κ3) is 2.86. The van der Waals surface area contributed by atoms with Crippen molar-refractivity contribution in [3.63, 3.8) is 0 Å². The lowest BCUT2D eigenvalue weighted by Crippen LogP contribution is -2.47. The van der Waals surface area contributed by atoms with E-state index in [2.05, 4.69) is 54.7 Å². The molecule has 2 N–H and O–H groups in total. The van der Waals surface area contributed by atoms with Crippen LogP contribution in [-0.4, -0.2) is 30.9 Å². The molecule has 0 heterocycles. The Labute approximate surface area is 168 Å². The second-order valence-corrected chi connectivity index (χ2v) is 9.65. The number of hydrogen-bond acceptors (Lipinski definition) is 3. The Morgan fingerprint density at radius 3 is 2.82 bits per heavy atom. The number of fused-ring (bicyclic) bond motifs is 5. The molecular weight excluding hydrogens is 346 g/mol. The predicted octanol–water partition coefficient (Wildman–Crippen LogP) is 4.22. The summed E-state index contributed by atoms with van der Waals surface area (Å²) >= 11 is 0. The number of aliphatic hydroxyl groups excluding tert-OH is 1. The Hall–Kier alpha value is -1.58. The Balaban J connectivity index is 1.35. The average Bonchev–Trinajstić information content (AvgIpc) is 3.32. The van der Waals surface area contributed by atoms with Gasteiger partial charge in [-0.05, 0) is 78.5 Å². The molecule has 0 aromatic heterocycles. The Bertz CT molecular complexity index is 788. The minimum absolute atomic E-state index is 0.0597. The van der Waals surface area contributed by atoms with E-state index in [1.54, 1.807) is 12.7 Å². The van der Waals surface area contributed by atoms with Gasteiger partial charge in [0.05, 0.1) is 13.2 Å². The minimum Gasteiger partial charge on any atom is -0.497 e. The van der Waals surface area contributed by atoms with Crippen LogP contribution in [0.1, 0.15) is 49.7 Å². The quantitative estimate of drug-likeness (QED) is 0.823. The lowest BCUT2D eigenvalue weighted by molar-refractivity contribution is -0.0280. The molecule has 0 amide bonds. The largest absolute Gasteiger partial charge is 0.497 e. The first-order chi connectivity index (χ1) is 13.6. The molecule has 3 nitrogen and oxygen atoms in total. The van der Waals surface area contributed by atoms with Crippen molar-refractivity contribution in [1.29, 1.82) is 0 Å². The van der Waals surface area contributed by atoms with Crippen LogP contribution in [0.2, 0.25) is 0 Å². The molecular formula is C25H33NO2. The Kier molecular flexibility index (Phi) is 4.64. The van der Waals surface area contributed by atoms with Gasteiger partial charge < -0.3 is 15.2 Å². The van der Waals surface area contributed by atoms with E-state index < -0.39 is 0 Å². The number of benzene rings is 1. The summed E-state index contributed by atoms with van der Waals surface area (Å²) in [5.74, 6) is 3.43.